The van der Waals surface area contributed by atoms with Gasteiger partial charge in [-0.25, -0.2) is 9.37 Å². The molecule has 0 aliphatic carbocycles. The molecule has 0 saturated carbocycles. The van der Waals surface area contributed by atoms with E-state index in [1.54, 1.807) is 12.1 Å². The summed E-state index contributed by atoms with van der Waals surface area (Å²) in [5.74, 6) is -0.277. The summed E-state index contributed by atoms with van der Waals surface area (Å²) >= 11 is 3.37. The average Bonchev–Trinajstić information content (AvgIpc) is 2.36. The summed E-state index contributed by atoms with van der Waals surface area (Å²) in [6, 6.07) is 6.72. The van der Waals surface area contributed by atoms with Crippen LogP contribution in [-0.2, 0) is 6.61 Å². The molecule has 5 heteroatoms. The molecular formula is C13H11BrFNO2. The summed E-state index contributed by atoms with van der Waals surface area (Å²) < 4.78 is 20.1. The van der Waals surface area contributed by atoms with Crippen molar-refractivity contribution in [3.63, 3.8) is 0 Å². The molecule has 0 amide bonds. The zero-order valence-electron chi connectivity index (χ0n) is 9.65. The smallest absolute Gasteiger partial charge is 0.256 e. The van der Waals surface area contributed by atoms with E-state index < -0.39 is 5.82 Å². The minimum atomic E-state index is -0.638. The van der Waals surface area contributed by atoms with Crippen molar-refractivity contribution in [1.29, 1.82) is 0 Å². The number of ether oxygens (including phenoxy) is 1. The van der Waals surface area contributed by atoms with Crippen molar-refractivity contribution < 1.29 is 14.2 Å². The normalized spacial score (nSPS) is 10.4. The molecule has 0 saturated heterocycles. The maximum absolute atomic E-state index is 13.8. The maximum Gasteiger partial charge on any atom is 0.256 e. The van der Waals surface area contributed by atoms with Crippen molar-refractivity contribution in [3.05, 3.63) is 51.9 Å². The molecule has 94 valence electrons. The Morgan fingerprint density at radius 1 is 1.39 bits per heavy atom. The largest absolute Gasteiger partial charge is 0.436 e. The van der Waals surface area contributed by atoms with Gasteiger partial charge in [0.2, 0.25) is 0 Å². The van der Waals surface area contributed by atoms with Gasteiger partial charge in [0.25, 0.3) is 5.88 Å². The number of nitrogens with zero attached hydrogens (tertiary/aromatic N) is 1. The number of aryl methyl sites for hydroxylation is 1. The van der Waals surface area contributed by atoms with Crippen molar-refractivity contribution in [2.24, 2.45) is 0 Å². The molecule has 1 N–H and O–H groups in total. The number of aromatic nitrogens is 1. The van der Waals surface area contributed by atoms with Gasteiger partial charge in [-0.05, 0) is 36.8 Å². The Bertz CT molecular complexity index is 575. The zero-order chi connectivity index (χ0) is 13.1. The molecule has 0 atom stereocenters. The van der Waals surface area contributed by atoms with Gasteiger partial charge in [0.15, 0.2) is 5.82 Å². The van der Waals surface area contributed by atoms with Crippen LogP contribution in [0.25, 0.3) is 0 Å². The van der Waals surface area contributed by atoms with E-state index in [0.29, 0.717) is 5.75 Å². The Kier molecular flexibility index (Phi) is 3.93. The summed E-state index contributed by atoms with van der Waals surface area (Å²) in [4.78, 5) is 3.81. The Balaban J connectivity index is 2.31. The second-order valence-corrected chi connectivity index (χ2v) is 4.61. The molecular weight excluding hydrogens is 301 g/mol. The predicted molar refractivity (Wildman–Crippen MR) is 69.1 cm³/mol. The number of hydrogen-bond donors (Lipinski definition) is 1. The number of rotatable bonds is 3. The molecule has 2 aromatic rings. The first kappa shape index (κ1) is 13.0. The van der Waals surface area contributed by atoms with E-state index in [9.17, 15) is 4.39 Å². The monoisotopic (exact) mass is 311 g/mol. The molecule has 0 aliphatic heterocycles. The third kappa shape index (κ3) is 2.68. The van der Waals surface area contributed by atoms with Crippen LogP contribution in [0.4, 0.5) is 4.39 Å². The van der Waals surface area contributed by atoms with E-state index in [1.165, 1.54) is 12.3 Å². The van der Waals surface area contributed by atoms with Gasteiger partial charge in [-0.3, -0.25) is 0 Å². The number of hydrogen-bond acceptors (Lipinski definition) is 3. The summed E-state index contributed by atoms with van der Waals surface area (Å²) in [5.41, 5.74) is 1.14. The second kappa shape index (κ2) is 5.46. The van der Waals surface area contributed by atoms with Crippen LogP contribution in [0, 0.1) is 12.7 Å². The summed E-state index contributed by atoms with van der Waals surface area (Å²) in [7, 11) is 0. The number of pyridine rings is 1. The van der Waals surface area contributed by atoms with E-state index in [1.807, 2.05) is 13.0 Å². The minimum Gasteiger partial charge on any atom is -0.436 e. The molecule has 0 spiro atoms. The number of benzene rings is 1. The first-order chi connectivity index (χ1) is 8.61. The van der Waals surface area contributed by atoms with Crippen LogP contribution in [-0.4, -0.2) is 10.1 Å². The van der Waals surface area contributed by atoms with Gasteiger partial charge in [0.05, 0.1) is 6.61 Å². The van der Waals surface area contributed by atoms with Crippen molar-refractivity contribution >= 4 is 15.9 Å². The fourth-order valence-electron chi connectivity index (χ4n) is 1.45. The third-order valence-electron chi connectivity index (χ3n) is 2.45. The number of halogens is 2. The highest BCUT2D eigenvalue weighted by Gasteiger charge is 2.11. The van der Waals surface area contributed by atoms with Gasteiger partial charge in [-0.15, -0.1) is 0 Å². The SMILES string of the molecule is Cc1cc(Oc2nccc(CO)c2F)ccc1Br. The van der Waals surface area contributed by atoms with Gasteiger partial charge in [0, 0.05) is 16.2 Å². The number of aliphatic hydroxyl groups is 1. The topological polar surface area (TPSA) is 42.4 Å². The van der Waals surface area contributed by atoms with E-state index >= 15 is 0 Å². The molecule has 2 rings (SSSR count). The van der Waals surface area contributed by atoms with Gasteiger partial charge < -0.3 is 9.84 Å². The Labute approximate surface area is 112 Å². The molecule has 3 nitrogen and oxygen atoms in total. The molecule has 18 heavy (non-hydrogen) atoms. The van der Waals surface area contributed by atoms with Crippen LogP contribution in [0.15, 0.2) is 34.9 Å². The first-order valence-electron chi connectivity index (χ1n) is 5.30. The van der Waals surface area contributed by atoms with Crippen LogP contribution in [0.2, 0.25) is 0 Å². The summed E-state index contributed by atoms with van der Waals surface area (Å²) in [6.07, 6.45) is 1.40. The lowest BCUT2D eigenvalue weighted by atomic mass is 10.2. The van der Waals surface area contributed by atoms with Gasteiger partial charge in [-0.1, -0.05) is 15.9 Å². The van der Waals surface area contributed by atoms with Gasteiger partial charge in [0.1, 0.15) is 5.75 Å². The Morgan fingerprint density at radius 2 is 2.17 bits per heavy atom. The predicted octanol–water partition coefficient (Wildman–Crippen LogP) is 3.58. The lowest BCUT2D eigenvalue weighted by Crippen LogP contribution is -1.97. The molecule has 0 aliphatic rings. The highest BCUT2D eigenvalue weighted by Crippen LogP contribution is 2.27. The van der Waals surface area contributed by atoms with E-state index in [2.05, 4.69) is 20.9 Å². The quantitative estimate of drug-likeness (QED) is 0.942. The Hall–Kier alpha value is -1.46. The van der Waals surface area contributed by atoms with Crippen molar-refractivity contribution in [2.75, 3.05) is 0 Å². The average molecular weight is 312 g/mol. The summed E-state index contributed by atoms with van der Waals surface area (Å²) in [6.45, 7) is 1.52. The van der Waals surface area contributed by atoms with Crippen LogP contribution < -0.4 is 4.74 Å². The fraction of sp³-hybridized carbons (Fsp3) is 0.154. The molecule has 1 aromatic heterocycles. The van der Waals surface area contributed by atoms with Gasteiger partial charge in [-0.2, -0.15) is 0 Å². The van der Waals surface area contributed by atoms with Crippen LogP contribution in [0.3, 0.4) is 0 Å². The molecule has 0 radical (unpaired) electrons. The van der Waals surface area contributed by atoms with Crippen molar-refractivity contribution in [1.82, 2.24) is 4.98 Å². The van der Waals surface area contributed by atoms with Crippen LogP contribution >= 0.6 is 15.9 Å². The first-order valence-corrected chi connectivity index (χ1v) is 6.09. The fourth-order valence-corrected chi connectivity index (χ4v) is 1.69. The zero-order valence-corrected chi connectivity index (χ0v) is 11.2. The van der Waals surface area contributed by atoms with Crippen molar-refractivity contribution in [2.45, 2.75) is 13.5 Å². The van der Waals surface area contributed by atoms with Gasteiger partial charge >= 0.3 is 0 Å². The minimum absolute atomic E-state index is 0.136. The second-order valence-electron chi connectivity index (χ2n) is 3.76. The highest BCUT2D eigenvalue weighted by molar-refractivity contribution is 9.10. The maximum atomic E-state index is 13.8. The molecule has 0 bridgehead atoms. The number of aliphatic hydroxyl groups excluding tert-OH is 1. The molecule has 1 aromatic carbocycles. The van der Waals surface area contributed by atoms with E-state index in [0.717, 1.165) is 10.0 Å². The Morgan fingerprint density at radius 3 is 2.83 bits per heavy atom. The summed E-state index contributed by atoms with van der Waals surface area (Å²) in [5, 5.41) is 8.96. The van der Waals surface area contributed by atoms with E-state index in [-0.39, 0.29) is 18.1 Å². The highest BCUT2D eigenvalue weighted by atomic mass is 79.9. The van der Waals surface area contributed by atoms with Crippen LogP contribution in [0.1, 0.15) is 11.1 Å². The molecule has 1 heterocycles. The molecule has 0 unspecified atom stereocenters. The third-order valence-corrected chi connectivity index (χ3v) is 3.34. The van der Waals surface area contributed by atoms with E-state index in [4.69, 9.17) is 9.84 Å². The standard InChI is InChI=1S/C13H11BrFNO2/c1-8-6-10(2-3-11(8)14)18-13-12(15)9(7-17)4-5-16-13/h2-6,17H,7H2,1H3. The lowest BCUT2D eigenvalue weighted by molar-refractivity contribution is 0.273. The lowest BCUT2D eigenvalue weighted by Gasteiger charge is -2.08. The van der Waals surface area contributed by atoms with Crippen LogP contribution in [0.5, 0.6) is 11.6 Å². The molecule has 0 fully saturated rings. The van der Waals surface area contributed by atoms with Crippen molar-refractivity contribution in [3.8, 4) is 11.6 Å².